The Kier molecular flexibility index (Phi) is 5.95. The predicted molar refractivity (Wildman–Crippen MR) is 87.4 cm³/mol. The average Bonchev–Trinajstić information content (AvgIpc) is 2.55. The number of nitrogens with one attached hydrogen (secondary N) is 1. The molecule has 0 amide bonds. The van der Waals surface area contributed by atoms with Crippen molar-refractivity contribution in [2.75, 3.05) is 25.6 Å². The third-order valence-corrected chi connectivity index (χ3v) is 3.36. The molecular weight excluding hydrogens is 262 g/mol. The van der Waals surface area contributed by atoms with Crippen LogP contribution in [0.15, 0.2) is 48.5 Å². The van der Waals surface area contributed by atoms with Crippen LogP contribution in [-0.2, 0) is 6.42 Å². The normalized spacial score (nSPS) is 10.2. The van der Waals surface area contributed by atoms with Gasteiger partial charge in [0.05, 0.1) is 13.7 Å². The maximum absolute atomic E-state index is 5.70. The van der Waals surface area contributed by atoms with Gasteiger partial charge in [-0.05, 0) is 48.7 Å². The Hall–Kier alpha value is -2.16. The number of benzene rings is 2. The molecule has 1 N–H and O–H groups in total. The number of hydrogen-bond donors (Lipinski definition) is 1. The minimum atomic E-state index is 0.702. The van der Waals surface area contributed by atoms with Crippen molar-refractivity contribution in [1.29, 1.82) is 0 Å². The molecule has 0 saturated heterocycles. The second-order valence-electron chi connectivity index (χ2n) is 4.82. The molecule has 0 aliphatic carbocycles. The van der Waals surface area contributed by atoms with Crippen molar-refractivity contribution in [2.45, 2.75) is 19.8 Å². The molecule has 3 heteroatoms. The second-order valence-corrected chi connectivity index (χ2v) is 4.82. The first kappa shape index (κ1) is 15.2. The van der Waals surface area contributed by atoms with Crippen molar-refractivity contribution in [1.82, 2.24) is 0 Å². The molecular formula is C18H23NO2. The van der Waals surface area contributed by atoms with E-state index in [1.165, 1.54) is 11.3 Å². The van der Waals surface area contributed by atoms with Crippen LogP contribution in [0.4, 0.5) is 5.69 Å². The van der Waals surface area contributed by atoms with Crippen LogP contribution in [0.3, 0.4) is 0 Å². The van der Waals surface area contributed by atoms with Gasteiger partial charge >= 0.3 is 0 Å². The van der Waals surface area contributed by atoms with Crippen molar-refractivity contribution in [3.8, 4) is 11.5 Å². The highest BCUT2D eigenvalue weighted by Crippen LogP contribution is 2.17. The van der Waals surface area contributed by atoms with E-state index in [0.717, 1.165) is 30.9 Å². The fourth-order valence-corrected chi connectivity index (χ4v) is 2.16. The fourth-order valence-electron chi connectivity index (χ4n) is 2.16. The molecule has 0 heterocycles. The predicted octanol–water partition coefficient (Wildman–Crippen LogP) is 4.14. The van der Waals surface area contributed by atoms with Crippen LogP contribution < -0.4 is 14.8 Å². The van der Waals surface area contributed by atoms with Crippen molar-refractivity contribution in [3.63, 3.8) is 0 Å². The summed E-state index contributed by atoms with van der Waals surface area (Å²) in [5.74, 6) is 1.73. The van der Waals surface area contributed by atoms with E-state index in [0.29, 0.717) is 6.61 Å². The van der Waals surface area contributed by atoms with Gasteiger partial charge in [-0.2, -0.15) is 0 Å². The van der Waals surface area contributed by atoms with E-state index in [1.807, 2.05) is 24.3 Å². The number of para-hydroxylation sites is 1. The SMILES string of the molecule is CCc1ccccc1NCCCOc1ccc(OC)cc1. The zero-order valence-corrected chi connectivity index (χ0v) is 12.8. The monoisotopic (exact) mass is 285 g/mol. The number of rotatable bonds is 8. The highest BCUT2D eigenvalue weighted by molar-refractivity contribution is 5.50. The largest absolute Gasteiger partial charge is 0.497 e. The number of aryl methyl sites for hydroxylation is 1. The molecule has 0 fully saturated rings. The summed E-state index contributed by atoms with van der Waals surface area (Å²) in [5.41, 5.74) is 2.58. The lowest BCUT2D eigenvalue weighted by Crippen LogP contribution is -2.08. The summed E-state index contributed by atoms with van der Waals surface area (Å²) in [4.78, 5) is 0. The molecule has 21 heavy (non-hydrogen) atoms. The molecule has 0 atom stereocenters. The maximum atomic E-state index is 5.70. The Morgan fingerprint density at radius 3 is 2.38 bits per heavy atom. The fraction of sp³-hybridized carbons (Fsp3) is 0.333. The molecule has 2 rings (SSSR count). The van der Waals surface area contributed by atoms with E-state index in [1.54, 1.807) is 7.11 Å². The molecule has 0 saturated carbocycles. The van der Waals surface area contributed by atoms with Crippen LogP contribution in [0.2, 0.25) is 0 Å². The number of hydrogen-bond acceptors (Lipinski definition) is 3. The molecule has 0 radical (unpaired) electrons. The highest BCUT2D eigenvalue weighted by atomic mass is 16.5. The van der Waals surface area contributed by atoms with E-state index in [-0.39, 0.29) is 0 Å². The molecule has 2 aromatic carbocycles. The van der Waals surface area contributed by atoms with Crippen LogP contribution in [0.5, 0.6) is 11.5 Å². The quantitative estimate of drug-likeness (QED) is 0.739. The lowest BCUT2D eigenvalue weighted by atomic mass is 10.1. The average molecular weight is 285 g/mol. The van der Waals surface area contributed by atoms with Gasteiger partial charge in [-0.25, -0.2) is 0 Å². The van der Waals surface area contributed by atoms with Crippen LogP contribution in [0.1, 0.15) is 18.9 Å². The topological polar surface area (TPSA) is 30.5 Å². The first-order chi connectivity index (χ1) is 10.3. The van der Waals surface area contributed by atoms with E-state index < -0.39 is 0 Å². The second kappa shape index (κ2) is 8.20. The van der Waals surface area contributed by atoms with Gasteiger partial charge in [-0.3, -0.25) is 0 Å². The van der Waals surface area contributed by atoms with E-state index in [4.69, 9.17) is 9.47 Å². The van der Waals surface area contributed by atoms with Crippen LogP contribution in [0, 0.1) is 0 Å². The zero-order chi connectivity index (χ0) is 14.9. The van der Waals surface area contributed by atoms with Gasteiger partial charge in [0, 0.05) is 12.2 Å². The summed E-state index contributed by atoms with van der Waals surface area (Å²) in [6, 6.07) is 16.1. The maximum Gasteiger partial charge on any atom is 0.119 e. The lowest BCUT2D eigenvalue weighted by molar-refractivity contribution is 0.314. The summed E-state index contributed by atoms with van der Waals surface area (Å²) in [6.07, 6.45) is 2.01. The zero-order valence-electron chi connectivity index (χ0n) is 12.8. The third-order valence-electron chi connectivity index (χ3n) is 3.36. The molecule has 112 valence electrons. The summed E-state index contributed by atoms with van der Waals surface area (Å²) in [7, 11) is 1.66. The van der Waals surface area contributed by atoms with E-state index >= 15 is 0 Å². The van der Waals surface area contributed by atoms with Gasteiger partial charge in [0.2, 0.25) is 0 Å². The lowest BCUT2D eigenvalue weighted by Gasteiger charge is -2.11. The molecule has 0 aromatic heterocycles. The van der Waals surface area contributed by atoms with Gasteiger partial charge in [0.1, 0.15) is 11.5 Å². The number of methoxy groups -OCH3 is 1. The molecule has 0 bridgehead atoms. The summed E-state index contributed by atoms with van der Waals surface area (Å²) >= 11 is 0. The van der Waals surface area contributed by atoms with Crippen molar-refractivity contribution < 1.29 is 9.47 Å². The minimum absolute atomic E-state index is 0.702. The Balaban J connectivity index is 1.70. The minimum Gasteiger partial charge on any atom is -0.497 e. The van der Waals surface area contributed by atoms with E-state index in [2.05, 4.69) is 36.5 Å². The summed E-state index contributed by atoms with van der Waals surface area (Å²) < 4.78 is 10.8. The molecule has 0 spiro atoms. The van der Waals surface area contributed by atoms with Crippen molar-refractivity contribution in [3.05, 3.63) is 54.1 Å². The van der Waals surface area contributed by atoms with Gasteiger partial charge in [-0.15, -0.1) is 0 Å². The molecule has 0 aliphatic rings. The number of ether oxygens (including phenoxy) is 2. The summed E-state index contributed by atoms with van der Waals surface area (Å²) in [6.45, 7) is 3.79. The molecule has 0 unspecified atom stereocenters. The Bertz CT molecular complexity index is 537. The first-order valence-corrected chi connectivity index (χ1v) is 7.42. The summed E-state index contributed by atoms with van der Waals surface area (Å²) in [5, 5.41) is 3.47. The number of anilines is 1. The molecule has 2 aromatic rings. The van der Waals surface area contributed by atoms with Gasteiger partial charge in [0.25, 0.3) is 0 Å². The third kappa shape index (κ3) is 4.71. The first-order valence-electron chi connectivity index (χ1n) is 7.42. The Labute approximate surface area is 126 Å². The van der Waals surface area contributed by atoms with Gasteiger partial charge in [-0.1, -0.05) is 25.1 Å². The Morgan fingerprint density at radius 1 is 0.952 bits per heavy atom. The highest BCUT2D eigenvalue weighted by Gasteiger charge is 1.99. The molecule has 0 aliphatic heterocycles. The van der Waals surface area contributed by atoms with Crippen LogP contribution in [-0.4, -0.2) is 20.3 Å². The Morgan fingerprint density at radius 2 is 1.67 bits per heavy atom. The van der Waals surface area contributed by atoms with Crippen LogP contribution >= 0.6 is 0 Å². The van der Waals surface area contributed by atoms with Crippen molar-refractivity contribution in [2.24, 2.45) is 0 Å². The van der Waals surface area contributed by atoms with Gasteiger partial charge in [0.15, 0.2) is 0 Å². The standard InChI is InChI=1S/C18H23NO2/c1-3-15-7-4-5-8-18(15)19-13-6-14-21-17-11-9-16(20-2)10-12-17/h4-5,7-12,19H,3,6,13-14H2,1-2H3. The van der Waals surface area contributed by atoms with Gasteiger partial charge < -0.3 is 14.8 Å². The molecule has 3 nitrogen and oxygen atoms in total. The van der Waals surface area contributed by atoms with Crippen molar-refractivity contribution >= 4 is 5.69 Å². The van der Waals surface area contributed by atoms with E-state index in [9.17, 15) is 0 Å². The van der Waals surface area contributed by atoms with Crippen LogP contribution in [0.25, 0.3) is 0 Å². The smallest absolute Gasteiger partial charge is 0.119 e.